The predicted molar refractivity (Wildman–Crippen MR) is 57.2 cm³/mol. The van der Waals surface area contributed by atoms with Crippen LogP contribution in [0.25, 0.3) is 10.9 Å². The average Bonchev–Trinajstić information content (AvgIpc) is 2.27. The van der Waals surface area contributed by atoms with Crippen molar-refractivity contribution in [3.63, 3.8) is 0 Å². The Morgan fingerprint density at radius 1 is 1.21 bits per heavy atom. The topological polar surface area (TPSA) is 33.1 Å². The van der Waals surface area contributed by atoms with Crippen LogP contribution in [0.5, 0.6) is 0 Å². The smallest absolute Gasteiger partial charge is 0.0705 e. The van der Waals surface area contributed by atoms with Crippen LogP contribution in [0.3, 0.4) is 0 Å². The van der Waals surface area contributed by atoms with Gasteiger partial charge in [0.1, 0.15) is 0 Å². The number of fused-ring (bicyclic) bond motifs is 1. The van der Waals surface area contributed by atoms with Crippen molar-refractivity contribution in [3.8, 4) is 0 Å². The van der Waals surface area contributed by atoms with Gasteiger partial charge in [-0.05, 0) is 12.1 Å². The van der Waals surface area contributed by atoms with Crippen LogP contribution in [-0.4, -0.2) is 16.7 Å². The minimum absolute atomic E-state index is 0.111. The molecule has 1 heterocycles. The molecular formula is C12H13NO. The summed E-state index contributed by atoms with van der Waals surface area (Å²) in [5.74, 6) is 0.111. The average molecular weight is 187 g/mol. The molecule has 1 unspecified atom stereocenters. The summed E-state index contributed by atoms with van der Waals surface area (Å²) < 4.78 is 0. The number of rotatable bonds is 2. The third-order valence-corrected chi connectivity index (χ3v) is 2.40. The largest absolute Gasteiger partial charge is 0.396 e. The summed E-state index contributed by atoms with van der Waals surface area (Å²) in [6, 6.07) is 12.0. The van der Waals surface area contributed by atoms with Crippen molar-refractivity contribution in [2.75, 3.05) is 6.61 Å². The highest BCUT2D eigenvalue weighted by atomic mass is 16.3. The quantitative estimate of drug-likeness (QED) is 0.782. The Kier molecular flexibility index (Phi) is 2.46. The predicted octanol–water partition coefficient (Wildman–Crippen LogP) is 2.33. The maximum atomic E-state index is 9.02. The summed E-state index contributed by atoms with van der Waals surface area (Å²) >= 11 is 0. The van der Waals surface area contributed by atoms with E-state index in [0.29, 0.717) is 0 Å². The second-order valence-electron chi connectivity index (χ2n) is 3.51. The zero-order chi connectivity index (χ0) is 9.97. The Bertz CT molecular complexity index is 439. The molecule has 2 heteroatoms. The maximum absolute atomic E-state index is 9.02. The third-order valence-electron chi connectivity index (χ3n) is 2.40. The molecule has 0 aliphatic carbocycles. The molecule has 0 spiro atoms. The molecule has 0 bridgehead atoms. The summed E-state index contributed by atoms with van der Waals surface area (Å²) in [6.45, 7) is 2.11. The summed E-state index contributed by atoms with van der Waals surface area (Å²) in [5.41, 5.74) is 1.94. The Labute approximate surface area is 83.2 Å². The van der Waals surface area contributed by atoms with E-state index in [1.807, 2.05) is 43.3 Å². The van der Waals surface area contributed by atoms with Crippen molar-refractivity contribution >= 4 is 10.9 Å². The molecule has 0 saturated carbocycles. The van der Waals surface area contributed by atoms with Crippen LogP contribution in [0.1, 0.15) is 18.5 Å². The molecule has 1 aromatic heterocycles. The molecule has 14 heavy (non-hydrogen) atoms. The summed E-state index contributed by atoms with van der Waals surface area (Å²) in [7, 11) is 0. The van der Waals surface area contributed by atoms with Gasteiger partial charge in [0.2, 0.25) is 0 Å². The van der Waals surface area contributed by atoms with E-state index >= 15 is 0 Å². The second kappa shape index (κ2) is 3.76. The van der Waals surface area contributed by atoms with E-state index < -0.39 is 0 Å². The molecule has 0 radical (unpaired) electrons. The van der Waals surface area contributed by atoms with Crippen molar-refractivity contribution in [1.29, 1.82) is 0 Å². The van der Waals surface area contributed by atoms with E-state index in [1.54, 1.807) is 0 Å². The zero-order valence-corrected chi connectivity index (χ0v) is 8.14. The van der Waals surface area contributed by atoms with Gasteiger partial charge in [-0.15, -0.1) is 0 Å². The summed E-state index contributed by atoms with van der Waals surface area (Å²) in [5, 5.41) is 10.2. The number of hydrogen-bond donors (Lipinski definition) is 1. The van der Waals surface area contributed by atoms with E-state index in [1.165, 1.54) is 0 Å². The molecular weight excluding hydrogens is 174 g/mol. The van der Waals surface area contributed by atoms with Gasteiger partial charge in [-0.3, -0.25) is 4.98 Å². The number of aliphatic hydroxyl groups excluding tert-OH is 1. The van der Waals surface area contributed by atoms with Gasteiger partial charge in [-0.2, -0.15) is 0 Å². The van der Waals surface area contributed by atoms with Crippen molar-refractivity contribution in [2.24, 2.45) is 0 Å². The lowest BCUT2D eigenvalue weighted by Crippen LogP contribution is -2.01. The number of benzene rings is 1. The first-order valence-electron chi connectivity index (χ1n) is 4.78. The van der Waals surface area contributed by atoms with Gasteiger partial charge in [-0.25, -0.2) is 0 Å². The maximum Gasteiger partial charge on any atom is 0.0705 e. The molecule has 0 fully saturated rings. The van der Waals surface area contributed by atoms with Crippen molar-refractivity contribution in [1.82, 2.24) is 4.98 Å². The first-order chi connectivity index (χ1) is 6.81. The molecule has 0 amide bonds. The van der Waals surface area contributed by atoms with E-state index in [-0.39, 0.29) is 12.5 Å². The van der Waals surface area contributed by atoms with Gasteiger partial charge in [0.15, 0.2) is 0 Å². The molecule has 2 aromatic rings. The molecule has 1 aromatic carbocycles. The third kappa shape index (κ3) is 1.61. The Morgan fingerprint density at radius 2 is 2.00 bits per heavy atom. The van der Waals surface area contributed by atoms with Gasteiger partial charge in [0.05, 0.1) is 12.1 Å². The fourth-order valence-electron chi connectivity index (χ4n) is 1.45. The van der Waals surface area contributed by atoms with Crippen LogP contribution < -0.4 is 0 Å². The fourth-order valence-corrected chi connectivity index (χ4v) is 1.45. The second-order valence-corrected chi connectivity index (χ2v) is 3.51. The van der Waals surface area contributed by atoms with Crippen molar-refractivity contribution < 1.29 is 5.11 Å². The highest BCUT2D eigenvalue weighted by Gasteiger charge is 2.05. The van der Waals surface area contributed by atoms with E-state index in [0.717, 1.165) is 16.6 Å². The fraction of sp³-hybridized carbons (Fsp3) is 0.250. The lowest BCUT2D eigenvalue weighted by Gasteiger charge is -2.07. The van der Waals surface area contributed by atoms with Crippen LogP contribution in [0.4, 0.5) is 0 Å². The van der Waals surface area contributed by atoms with Gasteiger partial charge in [0.25, 0.3) is 0 Å². The van der Waals surface area contributed by atoms with Gasteiger partial charge >= 0.3 is 0 Å². The number of hydrogen-bond acceptors (Lipinski definition) is 2. The zero-order valence-electron chi connectivity index (χ0n) is 8.14. The number of aromatic nitrogens is 1. The highest BCUT2D eigenvalue weighted by molar-refractivity contribution is 5.78. The molecule has 0 saturated heterocycles. The molecule has 2 nitrogen and oxygen atoms in total. The van der Waals surface area contributed by atoms with Crippen molar-refractivity contribution in [3.05, 3.63) is 42.1 Å². The Balaban J connectivity index is 2.51. The molecule has 2 rings (SSSR count). The first-order valence-corrected chi connectivity index (χ1v) is 4.78. The highest BCUT2D eigenvalue weighted by Crippen LogP contribution is 2.17. The van der Waals surface area contributed by atoms with Crippen LogP contribution in [0.15, 0.2) is 36.4 Å². The van der Waals surface area contributed by atoms with Crippen LogP contribution in [0.2, 0.25) is 0 Å². The normalized spacial score (nSPS) is 13.0. The molecule has 0 aliphatic heterocycles. The monoisotopic (exact) mass is 187 g/mol. The number of pyridine rings is 1. The molecule has 72 valence electrons. The minimum Gasteiger partial charge on any atom is -0.396 e. The number of aliphatic hydroxyl groups is 1. The number of nitrogens with zero attached hydrogens (tertiary/aromatic N) is 1. The number of para-hydroxylation sites is 1. The summed E-state index contributed by atoms with van der Waals surface area (Å²) in [6.07, 6.45) is 0. The van der Waals surface area contributed by atoms with Crippen molar-refractivity contribution in [2.45, 2.75) is 12.8 Å². The lowest BCUT2D eigenvalue weighted by atomic mass is 10.1. The van der Waals surface area contributed by atoms with Crippen LogP contribution in [0, 0.1) is 0 Å². The molecule has 1 atom stereocenters. The van der Waals surface area contributed by atoms with Crippen LogP contribution in [-0.2, 0) is 0 Å². The Hall–Kier alpha value is -1.41. The molecule has 0 aliphatic rings. The van der Waals surface area contributed by atoms with E-state index in [4.69, 9.17) is 5.11 Å². The minimum atomic E-state index is 0.111. The van der Waals surface area contributed by atoms with Gasteiger partial charge in [-0.1, -0.05) is 31.2 Å². The first kappa shape index (κ1) is 9.16. The lowest BCUT2D eigenvalue weighted by molar-refractivity contribution is 0.271. The van der Waals surface area contributed by atoms with Gasteiger partial charge < -0.3 is 5.11 Å². The van der Waals surface area contributed by atoms with Gasteiger partial charge in [0, 0.05) is 17.0 Å². The Morgan fingerprint density at radius 3 is 2.79 bits per heavy atom. The van der Waals surface area contributed by atoms with E-state index in [9.17, 15) is 0 Å². The van der Waals surface area contributed by atoms with Crippen LogP contribution >= 0.6 is 0 Å². The molecule has 1 N–H and O–H groups in total. The SMILES string of the molecule is CC(CO)c1ccc2ccccc2n1. The standard InChI is InChI=1S/C12H13NO/c1-9(8-14)11-7-6-10-4-2-3-5-12(10)13-11/h2-7,9,14H,8H2,1H3. The summed E-state index contributed by atoms with van der Waals surface area (Å²) in [4.78, 5) is 4.49. The van der Waals surface area contributed by atoms with E-state index in [2.05, 4.69) is 4.98 Å².